The van der Waals surface area contributed by atoms with Crippen molar-refractivity contribution in [3.8, 4) is 11.1 Å². The molecule has 2 aromatic heterocycles. The first-order valence-electron chi connectivity index (χ1n) is 8.03. The van der Waals surface area contributed by atoms with Gasteiger partial charge in [0.05, 0.1) is 10.2 Å². The summed E-state index contributed by atoms with van der Waals surface area (Å²) in [5.41, 5.74) is 1.50. The van der Waals surface area contributed by atoms with Crippen LogP contribution in [0, 0.1) is 0 Å². The van der Waals surface area contributed by atoms with E-state index < -0.39 is 11.7 Å². The highest BCUT2D eigenvalue weighted by atomic mass is 35.5. The Hall–Kier alpha value is -2.31. The number of rotatable bonds is 2. The summed E-state index contributed by atoms with van der Waals surface area (Å²) in [6, 6.07) is 9.06. The predicted octanol–water partition coefficient (Wildman–Crippen LogP) is 5.27. The number of ether oxygens (including phenoxy) is 1. The van der Waals surface area contributed by atoms with Gasteiger partial charge in [0, 0.05) is 17.6 Å². The van der Waals surface area contributed by atoms with E-state index in [9.17, 15) is 9.59 Å². The number of aromatic nitrogens is 1. The highest BCUT2D eigenvalue weighted by molar-refractivity contribution is 7.17. The summed E-state index contributed by atoms with van der Waals surface area (Å²) in [6.07, 6.45) is -0.666. The molecule has 7 heteroatoms. The molecular weight excluding hydrogens is 372 g/mol. The van der Waals surface area contributed by atoms with Crippen molar-refractivity contribution in [1.29, 1.82) is 0 Å². The first kappa shape index (κ1) is 18.5. The molecule has 0 atom stereocenters. The minimum absolute atomic E-state index is 0.194. The van der Waals surface area contributed by atoms with Crippen LogP contribution in [0.2, 0.25) is 5.02 Å². The van der Waals surface area contributed by atoms with Crippen molar-refractivity contribution in [3.63, 3.8) is 0 Å². The minimum atomic E-state index is -0.666. The number of benzene rings is 1. The van der Waals surface area contributed by atoms with E-state index in [1.54, 1.807) is 40.0 Å². The lowest BCUT2D eigenvalue weighted by Crippen LogP contribution is -2.31. The Bertz CT molecular complexity index is 1030. The number of pyridine rings is 1. The fraction of sp³-hybridized carbons (Fsp3) is 0.263. The zero-order valence-corrected chi connectivity index (χ0v) is 16.5. The average Bonchev–Trinajstić information content (AvgIpc) is 3.01. The van der Waals surface area contributed by atoms with Gasteiger partial charge in [0.15, 0.2) is 0 Å². The third kappa shape index (κ3) is 3.61. The van der Waals surface area contributed by atoms with Crippen LogP contribution in [-0.4, -0.2) is 16.3 Å². The minimum Gasteiger partial charge on any atom is -0.444 e. The van der Waals surface area contributed by atoms with Crippen molar-refractivity contribution >= 4 is 44.9 Å². The van der Waals surface area contributed by atoms with E-state index in [2.05, 4.69) is 5.32 Å². The zero-order chi connectivity index (χ0) is 19.1. The maximum Gasteiger partial charge on any atom is 0.412 e. The van der Waals surface area contributed by atoms with E-state index in [0.29, 0.717) is 10.6 Å². The molecule has 1 N–H and O–H groups in total. The third-order valence-corrected chi connectivity index (χ3v) is 4.93. The van der Waals surface area contributed by atoms with Crippen molar-refractivity contribution in [2.45, 2.75) is 26.4 Å². The number of halogens is 1. The smallest absolute Gasteiger partial charge is 0.412 e. The van der Waals surface area contributed by atoms with Crippen molar-refractivity contribution in [2.24, 2.45) is 7.05 Å². The Morgan fingerprint density at radius 3 is 2.46 bits per heavy atom. The molecule has 2 heterocycles. The van der Waals surface area contributed by atoms with Crippen molar-refractivity contribution in [2.75, 3.05) is 5.32 Å². The molecule has 5 nitrogen and oxygen atoms in total. The molecule has 0 saturated carbocycles. The molecule has 0 spiro atoms. The Morgan fingerprint density at radius 2 is 1.85 bits per heavy atom. The van der Waals surface area contributed by atoms with Crippen LogP contribution in [0.15, 0.2) is 40.5 Å². The molecular formula is C19H19ClN2O3S. The monoisotopic (exact) mass is 390 g/mol. The first-order valence-corrected chi connectivity index (χ1v) is 9.29. The normalized spacial score (nSPS) is 11.6. The fourth-order valence-corrected chi connectivity index (χ4v) is 3.79. The maximum absolute atomic E-state index is 12.9. The van der Waals surface area contributed by atoms with Gasteiger partial charge in [-0.3, -0.25) is 10.1 Å². The molecule has 3 aromatic rings. The number of anilines is 1. The molecule has 1 aromatic carbocycles. The Balaban J connectivity index is 2.22. The molecule has 0 unspecified atom stereocenters. The van der Waals surface area contributed by atoms with Gasteiger partial charge >= 0.3 is 6.09 Å². The van der Waals surface area contributed by atoms with Crippen LogP contribution >= 0.6 is 22.9 Å². The number of fused-ring (bicyclic) bond motifs is 1. The van der Waals surface area contributed by atoms with Crippen LogP contribution in [0.1, 0.15) is 20.8 Å². The molecule has 0 saturated heterocycles. The zero-order valence-electron chi connectivity index (χ0n) is 14.9. The number of carbonyl (C=O) groups excluding carboxylic acids is 1. The second kappa shape index (κ2) is 6.78. The van der Waals surface area contributed by atoms with Crippen LogP contribution < -0.4 is 10.9 Å². The molecule has 0 aliphatic carbocycles. The standard InChI is InChI=1S/C19H19ClN2O3S/c1-19(2,3)25-18(24)21-15-14(11-5-7-12(20)8-6-11)16-13(9-10-26-16)22(4)17(15)23/h5-10H,1-4H3,(H,21,24). The second-order valence-electron chi connectivity index (χ2n) is 6.88. The number of carbonyl (C=O) groups is 1. The van der Waals surface area contributed by atoms with Gasteiger partial charge < -0.3 is 9.30 Å². The summed E-state index contributed by atoms with van der Waals surface area (Å²) >= 11 is 7.50. The lowest BCUT2D eigenvalue weighted by molar-refractivity contribution is 0.0636. The van der Waals surface area contributed by atoms with E-state index in [0.717, 1.165) is 15.8 Å². The second-order valence-corrected chi connectivity index (χ2v) is 8.24. The summed E-state index contributed by atoms with van der Waals surface area (Å²) in [7, 11) is 1.68. The molecule has 3 rings (SSSR count). The highest BCUT2D eigenvalue weighted by Crippen LogP contribution is 2.36. The molecule has 0 aliphatic heterocycles. The number of thiophene rings is 1. The largest absolute Gasteiger partial charge is 0.444 e. The van der Waals surface area contributed by atoms with Crippen molar-refractivity contribution < 1.29 is 9.53 Å². The van der Waals surface area contributed by atoms with E-state index in [1.165, 1.54) is 15.9 Å². The molecule has 0 radical (unpaired) electrons. The SMILES string of the molecule is Cn1c(=O)c(NC(=O)OC(C)(C)C)c(-c2ccc(Cl)cc2)c2sccc21. The molecule has 26 heavy (non-hydrogen) atoms. The van der Waals surface area contributed by atoms with E-state index in [1.807, 2.05) is 23.6 Å². The van der Waals surface area contributed by atoms with Crippen LogP contribution in [0.4, 0.5) is 10.5 Å². The van der Waals surface area contributed by atoms with E-state index >= 15 is 0 Å². The number of nitrogens with zero attached hydrogens (tertiary/aromatic N) is 1. The lowest BCUT2D eigenvalue weighted by atomic mass is 10.0. The summed E-state index contributed by atoms with van der Waals surface area (Å²) in [6.45, 7) is 5.31. The van der Waals surface area contributed by atoms with Gasteiger partial charge in [0.25, 0.3) is 5.56 Å². The number of nitrogens with one attached hydrogen (secondary N) is 1. The number of amides is 1. The molecule has 0 bridgehead atoms. The Labute approximate surface area is 160 Å². The average molecular weight is 391 g/mol. The van der Waals surface area contributed by atoms with Crippen LogP contribution in [-0.2, 0) is 11.8 Å². The molecule has 136 valence electrons. The quantitative estimate of drug-likeness (QED) is 0.648. The van der Waals surface area contributed by atoms with Gasteiger partial charge in [-0.05, 0) is 49.9 Å². The predicted molar refractivity (Wildman–Crippen MR) is 107 cm³/mol. The van der Waals surface area contributed by atoms with Gasteiger partial charge in [-0.15, -0.1) is 11.3 Å². The fourth-order valence-electron chi connectivity index (χ4n) is 2.66. The van der Waals surface area contributed by atoms with Gasteiger partial charge in [-0.25, -0.2) is 4.79 Å². The van der Waals surface area contributed by atoms with Gasteiger partial charge in [-0.1, -0.05) is 23.7 Å². The van der Waals surface area contributed by atoms with Gasteiger partial charge in [0.1, 0.15) is 11.3 Å². The van der Waals surface area contributed by atoms with E-state index in [-0.39, 0.29) is 11.2 Å². The molecule has 0 aliphatic rings. The molecule has 1 amide bonds. The summed E-state index contributed by atoms with van der Waals surface area (Å²) in [5.74, 6) is 0. The summed E-state index contributed by atoms with van der Waals surface area (Å²) < 4.78 is 7.75. The Kier molecular flexibility index (Phi) is 4.82. The van der Waals surface area contributed by atoms with Crippen LogP contribution in [0.25, 0.3) is 21.3 Å². The van der Waals surface area contributed by atoms with Gasteiger partial charge in [-0.2, -0.15) is 0 Å². The number of aryl methyl sites for hydroxylation is 1. The number of hydrogen-bond donors (Lipinski definition) is 1. The summed E-state index contributed by atoms with van der Waals surface area (Å²) in [5, 5.41) is 5.17. The van der Waals surface area contributed by atoms with Crippen LogP contribution in [0.3, 0.4) is 0 Å². The van der Waals surface area contributed by atoms with Crippen LogP contribution in [0.5, 0.6) is 0 Å². The van der Waals surface area contributed by atoms with E-state index in [4.69, 9.17) is 16.3 Å². The Morgan fingerprint density at radius 1 is 1.19 bits per heavy atom. The first-order chi connectivity index (χ1) is 12.2. The third-order valence-electron chi connectivity index (χ3n) is 3.76. The lowest BCUT2D eigenvalue weighted by Gasteiger charge is -2.21. The van der Waals surface area contributed by atoms with Crippen molar-refractivity contribution in [3.05, 3.63) is 51.1 Å². The number of hydrogen-bond acceptors (Lipinski definition) is 4. The maximum atomic E-state index is 12.9. The topological polar surface area (TPSA) is 60.3 Å². The van der Waals surface area contributed by atoms with Gasteiger partial charge in [0.2, 0.25) is 0 Å². The summed E-state index contributed by atoms with van der Waals surface area (Å²) in [4.78, 5) is 25.2. The van der Waals surface area contributed by atoms with Crippen molar-refractivity contribution in [1.82, 2.24) is 4.57 Å². The molecule has 0 fully saturated rings. The highest BCUT2D eigenvalue weighted by Gasteiger charge is 2.22.